The van der Waals surface area contributed by atoms with Crippen LogP contribution in [0.3, 0.4) is 0 Å². The molecule has 3 saturated heterocycles. The molecule has 15 heteroatoms. The van der Waals surface area contributed by atoms with E-state index in [0.717, 1.165) is 116 Å². The van der Waals surface area contributed by atoms with Crippen molar-refractivity contribution in [1.29, 1.82) is 0 Å². The minimum Gasteiger partial charge on any atom is -0.353 e. The number of nitrogens with zero attached hydrogens (tertiary/aromatic N) is 3. The molecule has 4 aliphatic rings. The summed E-state index contributed by atoms with van der Waals surface area (Å²) in [4.78, 5) is 135. The summed E-state index contributed by atoms with van der Waals surface area (Å²) in [5, 5.41) is 14.0. The molecule has 1 aliphatic carbocycles. The van der Waals surface area contributed by atoms with E-state index in [9.17, 15) is 0 Å². The van der Waals surface area contributed by atoms with Crippen molar-refractivity contribution in [2.24, 2.45) is 11.8 Å². The van der Waals surface area contributed by atoms with Crippen molar-refractivity contribution in [3.05, 3.63) is 322 Å². The Kier molecular flexibility index (Phi) is 36.6. The first-order chi connectivity index (χ1) is 61.8. The molecule has 5 atom stereocenters. The van der Waals surface area contributed by atoms with Gasteiger partial charge in [0.25, 0.3) is 17.7 Å². The van der Waals surface area contributed by atoms with Crippen LogP contribution in [-0.2, 0) is 70.5 Å². The lowest BCUT2D eigenvalue weighted by Crippen LogP contribution is -2.55. The van der Waals surface area contributed by atoms with Crippen LogP contribution in [0.4, 0.5) is 0 Å². The SMILES string of the molecule is O=C(c1cc(C(=O)N2CCCC[C@H]2C(=O)NC(CCCc2ccccc2)CCCc2ccccc2)c(C(=O)N2CCCC[C@@H]2C(=O)NC(CCCc2ccccc2)CCCc2ccccc2)cc1C(=O)N1CCCC[C@H]1C(=O)NC(CCCc1ccccc1)CCCc1ccccc1)C1CCCC[C@@H]1C(=O)NC(CCCc1ccccc1)CCCc1ccccc1. The molecule has 13 rings (SSSR count). The van der Waals surface area contributed by atoms with Gasteiger partial charge in [-0.15, -0.1) is 0 Å². The summed E-state index contributed by atoms with van der Waals surface area (Å²) in [6, 6.07) is 82.1. The quantitative estimate of drug-likeness (QED) is 0.0271. The number of Topliss-reactive ketones (excluding diaryl/α,β-unsaturated/α-hetero) is 1. The Hall–Kier alpha value is -11.1. The summed E-state index contributed by atoms with van der Waals surface area (Å²) >= 11 is 0. The molecule has 3 aliphatic heterocycles. The van der Waals surface area contributed by atoms with Crippen molar-refractivity contribution in [3.63, 3.8) is 0 Å². The van der Waals surface area contributed by atoms with Gasteiger partial charge in [-0.2, -0.15) is 0 Å². The molecule has 126 heavy (non-hydrogen) atoms. The Morgan fingerprint density at radius 2 is 0.437 bits per heavy atom. The van der Waals surface area contributed by atoms with Gasteiger partial charge >= 0.3 is 0 Å². The van der Waals surface area contributed by atoms with Crippen LogP contribution in [0.1, 0.15) is 272 Å². The van der Waals surface area contributed by atoms with Crippen molar-refractivity contribution < 1.29 is 38.4 Å². The molecule has 4 fully saturated rings. The molecule has 0 spiro atoms. The van der Waals surface area contributed by atoms with Crippen LogP contribution < -0.4 is 21.3 Å². The molecule has 3 heterocycles. The molecule has 0 radical (unpaired) electrons. The lowest BCUT2D eigenvalue weighted by atomic mass is 9.73. The Morgan fingerprint density at radius 1 is 0.238 bits per heavy atom. The minimum absolute atomic E-state index is 0.104. The van der Waals surface area contributed by atoms with Crippen molar-refractivity contribution in [2.45, 2.75) is 280 Å². The zero-order valence-electron chi connectivity index (χ0n) is 74.3. The highest BCUT2D eigenvalue weighted by Gasteiger charge is 2.45. The highest BCUT2D eigenvalue weighted by Crippen LogP contribution is 2.38. The second-order valence-corrected chi connectivity index (χ2v) is 36.2. The number of carbonyl (C=O) groups is 8. The molecule has 662 valence electrons. The highest BCUT2D eigenvalue weighted by atomic mass is 16.2. The van der Waals surface area contributed by atoms with E-state index in [1.54, 1.807) is 14.7 Å². The van der Waals surface area contributed by atoms with Gasteiger partial charge < -0.3 is 36.0 Å². The van der Waals surface area contributed by atoms with Crippen molar-refractivity contribution >= 4 is 47.1 Å². The van der Waals surface area contributed by atoms with Gasteiger partial charge in [-0.3, -0.25) is 38.4 Å². The number of hydrogen-bond donors (Lipinski definition) is 4. The maximum Gasteiger partial charge on any atom is 0.255 e. The fourth-order valence-electron chi connectivity index (χ4n) is 20.0. The lowest BCUT2D eigenvalue weighted by molar-refractivity contribution is -0.128. The molecule has 1 saturated carbocycles. The number of benzene rings is 9. The van der Waals surface area contributed by atoms with E-state index < -0.39 is 53.5 Å². The summed E-state index contributed by atoms with van der Waals surface area (Å²) in [5.41, 5.74) is 9.15. The predicted octanol–water partition coefficient (Wildman–Crippen LogP) is 20.8. The van der Waals surface area contributed by atoms with Gasteiger partial charge in [-0.1, -0.05) is 255 Å². The maximum absolute atomic E-state index is 17.0. The summed E-state index contributed by atoms with van der Waals surface area (Å²) in [7, 11) is 0. The first kappa shape index (κ1) is 92.6. The molecular weight excluding hydrogens is 1560 g/mol. The third kappa shape index (κ3) is 28.0. The van der Waals surface area contributed by atoms with Gasteiger partial charge in [0.1, 0.15) is 18.1 Å². The van der Waals surface area contributed by atoms with E-state index in [2.05, 4.69) is 143 Å². The van der Waals surface area contributed by atoms with Crippen LogP contribution in [0, 0.1) is 11.8 Å². The van der Waals surface area contributed by atoms with Crippen LogP contribution >= 0.6 is 0 Å². The number of aryl methyl sites for hydroxylation is 8. The molecule has 7 amide bonds. The van der Waals surface area contributed by atoms with E-state index in [1.807, 2.05) is 121 Å². The second-order valence-electron chi connectivity index (χ2n) is 36.2. The number of ketones is 1. The summed E-state index contributed by atoms with van der Waals surface area (Å²) in [5.74, 6) is -5.28. The summed E-state index contributed by atoms with van der Waals surface area (Å²) in [6.07, 6.45) is 25.6. The maximum atomic E-state index is 17.0. The Balaban J connectivity index is 0.882. The van der Waals surface area contributed by atoms with Gasteiger partial charge in [0.05, 0.1) is 16.7 Å². The zero-order chi connectivity index (χ0) is 87.3. The van der Waals surface area contributed by atoms with Gasteiger partial charge in [0, 0.05) is 61.2 Å². The molecular formula is C111H135N7O8. The van der Waals surface area contributed by atoms with Gasteiger partial charge in [0.2, 0.25) is 23.6 Å². The third-order valence-corrected chi connectivity index (χ3v) is 27.0. The van der Waals surface area contributed by atoms with Crippen molar-refractivity contribution in [3.8, 4) is 0 Å². The third-order valence-electron chi connectivity index (χ3n) is 27.0. The monoisotopic (exact) mass is 1690 g/mol. The largest absolute Gasteiger partial charge is 0.353 e. The van der Waals surface area contributed by atoms with Crippen molar-refractivity contribution in [1.82, 2.24) is 36.0 Å². The average molecular weight is 1700 g/mol. The second kappa shape index (κ2) is 49.7. The van der Waals surface area contributed by atoms with Crippen molar-refractivity contribution in [2.75, 3.05) is 19.6 Å². The van der Waals surface area contributed by atoms with E-state index in [0.29, 0.717) is 122 Å². The first-order valence-corrected chi connectivity index (χ1v) is 48.0. The van der Waals surface area contributed by atoms with Gasteiger partial charge in [0.15, 0.2) is 5.78 Å². The standard InChI is InChI=1S/C111H135N7O8/c119-104(95-73-25-26-74-96(95)105(120)112-91(65-33-57-83-41-9-1-10-42-83)66-34-58-84-43-11-2-12-44-84)97-81-99(110(125)117-79-31-28-76-102(117)107(122)114-93(69-37-61-87-49-17-5-18-50-87)70-38-62-88-51-19-6-20-52-88)100(111(126)118-80-32-29-77-103(118)108(123)115-94(71-39-63-89-53-21-7-22-54-89)72-40-64-90-55-23-8-24-56-90)82-98(97)109(124)116-78-30-27-75-101(116)106(121)113-92(67-35-59-85-45-13-3-14-46-85)68-36-60-86-47-15-4-16-48-86/h1-24,41-56,81-82,91-96,101-103H,25-40,57-80H2,(H,112,120)(H,113,121)(H,114,122)(H,115,123)/t95?,96-,101-,102-,103+/m0/s1. The molecule has 9 aromatic carbocycles. The molecule has 1 unspecified atom stereocenters. The number of rotatable bonds is 45. The number of hydrogen-bond acceptors (Lipinski definition) is 8. The highest BCUT2D eigenvalue weighted by molar-refractivity contribution is 6.16. The summed E-state index contributed by atoms with van der Waals surface area (Å²) < 4.78 is 0. The van der Waals surface area contributed by atoms with E-state index in [4.69, 9.17) is 0 Å². The molecule has 9 aromatic rings. The molecule has 0 bridgehead atoms. The fourth-order valence-corrected chi connectivity index (χ4v) is 20.0. The van der Waals surface area contributed by atoms with E-state index >= 15 is 38.4 Å². The van der Waals surface area contributed by atoms with Gasteiger partial charge in [-0.25, -0.2) is 0 Å². The van der Waals surface area contributed by atoms with Gasteiger partial charge in [-0.05, 0) is 281 Å². The minimum atomic E-state index is -0.972. The Morgan fingerprint density at radius 3 is 0.675 bits per heavy atom. The fraction of sp³-hybridized carbons (Fsp3) is 0.441. The first-order valence-electron chi connectivity index (χ1n) is 48.0. The van der Waals surface area contributed by atoms with Crippen LogP contribution in [0.5, 0.6) is 0 Å². The summed E-state index contributed by atoms with van der Waals surface area (Å²) in [6.45, 7) is 0.497. The van der Waals surface area contributed by atoms with E-state index in [-0.39, 0.29) is 89.7 Å². The molecule has 4 N–H and O–H groups in total. The van der Waals surface area contributed by atoms with Crippen LogP contribution in [0.2, 0.25) is 0 Å². The zero-order valence-corrected chi connectivity index (χ0v) is 74.3. The Labute approximate surface area is 749 Å². The van der Waals surface area contributed by atoms with Crippen LogP contribution in [0.15, 0.2) is 255 Å². The molecule has 15 nitrogen and oxygen atoms in total. The average Bonchev–Trinajstić information content (AvgIpc) is 0.749. The Bertz CT molecular complexity index is 4060. The number of likely N-dealkylation sites (tertiary alicyclic amines) is 3. The number of carbonyl (C=O) groups excluding carboxylic acids is 8. The molecule has 0 aromatic heterocycles. The number of amides is 7. The van der Waals surface area contributed by atoms with E-state index in [1.165, 1.54) is 56.6 Å². The number of nitrogens with one attached hydrogen (secondary N) is 4. The van der Waals surface area contributed by atoms with Crippen LogP contribution in [0.25, 0.3) is 0 Å². The van der Waals surface area contributed by atoms with Crippen LogP contribution in [-0.4, -0.2) is 124 Å². The lowest BCUT2D eigenvalue weighted by Gasteiger charge is -2.38. The normalized spacial score (nSPS) is 17.2. The number of piperidine rings is 3. The smallest absolute Gasteiger partial charge is 0.255 e. The predicted molar refractivity (Wildman–Crippen MR) is 505 cm³/mol. The topological polar surface area (TPSA) is 194 Å².